The van der Waals surface area contributed by atoms with Crippen LogP contribution in [-0.4, -0.2) is 0 Å². The molecule has 0 nitrogen and oxygen atoms in total. The Kier molecular flexibility index (Phi) is 0.973. The molecule has 12 rings (SSSR count). The number of hydrogen-bond acceptors (Lipinski definition) is 0. The summed E-state index contributed by atoms with van der Waals surface area (Å²) in [5.41, 5.74) is 0.833. The van der Waals surface area contributed by atoms with Gasteiger partial charge in [0.25, 0.3) is 0 Å². The molecule has 0 aliphatic heterocycles. The Morgan fingerprint density at radius 3 is 1.00 bits per heavy atom. The third-order valence-electron chi connectivity index (χ3n) is 14.2. The molecule has 116 valence electrons. The molecule has 0 spiro atoms. The number of hydrogen-bond donors (Lipinski definition) is 0. The Balaban J connectivity index is 1.42. The molecule has 0 bridgehead atoms. The van der Waals surface area contributed by atoms with E-state index in [1.807, 2.05) is 0 Å². The third kappa shape index (κ3) is 0.503. The SMILES string of the molecule is C=CCC12C3C4C5C6C7C8C5C3C3C8C5C7C7C6C4C1C7C5C32. The molecule has 0 amide bonds. The van der Waals surface area contributed by atoms with E-state index in [-0.39, 0.29) is 0 Å². The van der Waals surface area contributed by atoms with Crippen molar-refractivity contribution in [3.63, 3.8) is 0 Å². The minimum absolute atomic E-state index is 0.833. The van der Waals surface area contributed by atoms with Crippen LogP contribution in [0.3, 0.4) is 0 Å². The van der Waals surface area contributed by atoms with E-state index >= 15 is 0 Å². The molecule has 12 fully saturated rings. The minimum Gasteiger partial charge on any atom is -0.103 e. The van der Waals surface area contributed by atoms with E-state index in [9.17, 15) is 0 Å². The van der Waals surface area contributed by atoms with Crippen LogP contribution in [0.2, 0.25) is 0 Å². The lowest BCUT2D eigenvalue weighted by atomic mass is 9.65. The topological polar surface area (TPSA) is 0 Å². The Bertz CT molecular complexity index is 663. The van der Waals surface area contributed by atoms with Gasteiger partial charge < -0.3 is 0 Å². The molecule has 0 saturated heterocycles. The lowest BCUT2D eigenvalue weighted by molar-refractivity contribution is 0.0862. The summed E-state index contributed by atoms with van der Waals surface area (Å²) < 4.78 is 0. The molecular formula is C23H24. The van der Waals surface area contributed by atoms with Gasteiger partial charge in [-0.3, -0.25) is 0 Å². The van der Waals surface area contributed by atoms with Crippen LogP contribution in [0.15, 0.2) is 12.7 Å². The van der Waals surface area contributed by atoms with E-state index in [0.29, 0.717) is 0 Å². The van der Waals surface area contributed by atoms with Gasteiger partial charge in [-0.25, -0.2) is 0 Å². The van der Waals surface area contributed by atoms with Crippen LogP contribution in [0.25, 0.3) is 0 Å². The second kappa shape index (κ2) is 2.23. The standard InChI is InChI=1S/C23H24/c1-2-3-23-20-14-8-5-4-6-10(8)16(20)18-12(6)13-7(4)11-9(5)15(14)21(23)17(11)19(13)22(18)23/h2,4-22H,1,3H2. The van der Waals surface area contributed by atoms with Gasteiger partial charge in [-0.2, -0.15) is 0 Å². The minimum atomic E-state index is 0.833. The zero-order valence-corrected chi connectivity index (χ0v) is 13.5. The van der Waals surface area contributed by atoms with Crippen molar-refractivity contribution in [2.45, 2.75) is 6.42 Å². The van der Waals surface area contributed by atoms with E-state index in [0.717, 1.165) is 5.41 Å². The van der Waals surface area contributed by atoms with Gasteiger partial charge in [0.2, 0.25) is 0 Å². The van der Waals surface area contributed by atoms with Crippen molar-refractivity contribution >= 4 is 0 Å². The van der Waals surface area contributed by atoms with Gasteiger partial charge in [0.15, 0.2) is 0 Å². The maximum absolute atomic E-state index is 4.31. The maximum atomic E-state index is 4.31. The molecule has 0 N–H and O–H groups in total. The molecule has 23 heavy (non-hydrogen) atoms. The Morgan fingerprint density at radius 2 is 0.739 bits per heavy atom. The first-order valence-corrected chi connectivity index (χ1v) is 11.0. The van der Waals surface area contributed by atoms with Crippen LogP contribution in [0, 0.1) is 118 Å². The monoisotopic (exact) mass is 300 g/mol. The fraction of sp³-hybridized carbons (Fsp3) is 0.913. The molecule has 0 heteroatoms. The van der Waals surface area contributed by atoms with Gasteiger partial charge >= 0.3 is 0 Å². The normalized spacial score (nSPS) is 98.5. The van der Waals surface area contributed by atoms with Crippen molar-refractivity contribution in [2.24, 2.45) is 118 Å². The lowest BCUT2D eigenvalue weighted by Crippen LogP contribution is -2.35. The van der Waals surface area contributed by atoms with Crippen molar-refractivity contribution in [3.05, 3.63) is 12.7 Å². The molecule has 12 saturated carbocycles. The highest BCUT2D eigenvalue weighted by molar-refractivity contribution is 5.48. The summed E-state index contributed by atoms with van der Waals surface area (Å²) in [6.45, 7) is 4.31. The quantitative estimate of drug-likeness (QED) is 0.686. The number of rotatable bonds is 2. The van der Waals surface area contributed by atoms with E-state index in [1.165, 1.54) is 119 Å². The fourth-order valence-corrected chi connectivity index (χ4v) is 16.4. The summed E-state index contributed by atoms with van der Waals surface area (Å²) >= 11 is 0. The molecule has 0 heterocycles. The van der Waals surface area contributed by atoms with Gasteiger partial charge in [0.05, 0.1) is 0 Å². The van der Waals surface area contributed by atoms with Crippen LogP contribution in [0.4, 0.5) is 0 Å². The third-order valence-corrected chi connectivity index (χ3v) is 14.2. The highest BCUT2D eigenvalue weighted by atomic mass is 15.1. The first-order chi connectivity index (χ1) is 11.4. The van der Waals surface area contributed by atoms with Crippen LogP contribution in [0.5, 0.6) is 0 Å². The van der Waals surface area contributed by atoms with Gasteiger partial charge in [-0.1, -0.05) is 6.08 Å². The maximum Gasteiger partial charge on any atom is -0.0161 e. The summed E-state index contributed by atoms with van der Waals surface area (Å²) in [4.78, 5) is 0. The average Bonchev–Trinajstić information content (AvgIpc) is 3.23. The largest absolute Gasteiger partial charge is 0.103 e. The molecule has 12 aliphatic rings. The summed E-state index contributed by atoms with van der Waals surface area (Å²) in [5, 5.41) is 0. The lowest BCUT2D eigenvalue weighted by Gasteiger charge is -2.39. The van der Waals surface area contributed by atoms with Gasteiger partial charge in [0.1, 0.15) is 0 Å². The zero-order chi connectivity index (χ0) is 13.9. The van der Waals surface area contributed by atoms with Crippen molar-refractivity contribution < 1.29 is 0 Å². The fourth-order valence-electron chi connectivity index (χ4n) is 16.4. The van der Waals surface area contributed by atoms with Crippen molar-refractivity contribution in [3.8, 4) is 0 Å². The van der Waals surface area contributed by atoms with Crippen LogP contribution < -0.4 is 0 Å². The van der Waals surface area contributed by atoms with Gasteiger partial charge in [-0.05, 0) is 124 Å². The predicted molar refractivity (Wildman–Crippen MR) is 83.6 cm³/mol. The van der Waals surface area contributed by atoms with Crippen LogP contribution >= 0.6 is 0 Å². The Morgan fingerprint density at radius 1 is 0.478 bits per heavy atom. The highest BCUT2D eigenvalue weighted by Crippen LogP contribution is 3.04. The number of allylic oxidation sites excluding steroid dienone is 1. The first-order valence-electron chi connectivity index (χ1n) is 11.0. The van der Waals surface area contributed by atoms with Crippen LogP contribution in [-0.2, 0) is 0 Å². The molecule has 0 aromatic carbocycles. The zero-order valence-electron chi connectivity index (χ0n) is 13.5. The Labute approximate surface area is 137 Å². The molecule has 12 unspecified atom stereocenters. The molecular weight excluding hydrogens is 276 g/mol. The molecule has 0 aromatic heterocycles. The van der Waals surface area contributed by atoms with Crippen molar-refractivity contribution in [1.29, 1.82) is 0 Å². The van der Waals surface area contributed by atoms with E-state index in [4.69, 9.17) is 0 Å². The summed E-state index contributed by atoms with van der Waals surface area (Å²) in [7, 11) is 0. The van der Waals surface area contributed by atoms with Crippen molar-refractivity contribution in [1.82, 2.24) is 0 Å². The molecule has 12 atom stereocenters. The molecule has 0 radical (unpaired) electrons. The summed E-state index contributed by atoms with van der Waals surface area (Å²) in [5.74, 6) is 24.1. The molecule has 0 aromatic rings. The highest BCUT2D eigenvalue weighted by Gasteiger charge is 3.01. The van der Waals surface area contributed by atoms with Crippen molar-refractivity contribution in [2.75, 3.05) is 0 Å². The smallest absolute Gasteiger partial charge is 0.0161 e. The summed E-state index contributed by atoms with van der Waals surface area (Å²) in [6.07, 6.45) is 3.85. The summed E-state index contributed by atoms with van der Waals surface area (Å²) in [6, 6.07) is 0. The van der Waals surface area contributed by atoms with E-state index < -0.39 is 0 Å². The van der Waals surface area contributed by atoms with E-state index in [1.54, 1.807) is 0 Å². The van der Waals surface area contributed by atoms with Gasteiger partial charge in [-0.15, -0.1) is 6.58 Å². The predicted octanol–water partition coefficient (Wildman–Crippen LogP) is 3.41. The molecule has 12 aliphatic carbocycles. The second-order valence-corrected chi connectivity index (χ2v) is 12.4. The van der Waals surface area contributed by atoms with Crippen LogP contribution in [0.1, 0.15) is 6.42 Å². The second-order valence-electron chi connectivity index (χ2n) is 12.4. The van der Waals surface area contributed by atoms with Gasteiger partial charge in [0, 0.05) is 0 Å². The first kappa shape index (κ1) is 10.0. The van der Waals surface area contributed by atoms with E-state index in [2.05, 4.69) is 12.7 Å². The Hall–Kier alpha value is -0.260. The average molecular weight is 300 g/mol.